The van der Waals surface area contributed by atoms with Crippen LogP contribution in [-0.2, 0) is 20.5 Å². The predicted molar refractivity (Wildman–Crippen MR) is 114 cm³/mol. The van der Waals surface area contributed by atoms with Gasteiger partial charge in [-0.25, -0.2) is 12.7 Å². The summed E-state index contributed by atoms with van der Waals surface area (Å²) in [5, 5.41) is 0. The average molecular weight is 410 g/mol. The molecule has 29 heavy (non-hydrogen) atoms. The van der Waals surface area contributed by atoms with Gasteiger partial charge in [-0.3, -0.25) is 0 Å². The van der Waals surface area contributed by atoms with Crippen LogP contribution in [0.15, 0.2) is 78.9 Å². The van der Waals surface area contributed by atoms with E-state index in [9.17, 15) is 8.42 Å². The zero-order valence-electron chi connectivity index (χ0n) is 16.2. The average Bonchev–Trinajstić information content (AvgIpc) is 3.53. The molecule has 1 heterocycles. The maximum absolute atomic E-state index is 13.6. The molecule has 3 aromatic carbocycles. The molecule has 0 bridgehead atoms. The third-order valence-electron chi connectivity index (χ3n) is 4.69. The molecule has 0 radical (unpaired) electrons. The number of para-hydroxylation sites is 2. The van der Waals surface area contributed by atoms with E-state index < -0.39 is 10.0 Å². The normalized spacial score (nSPS) is 15.7. The van der Waals surface area contributed by atoms with Gasteiger partial charge in [0.15, 0.2) is 0 Å². The summed E-state index contributed by atoms with van der Waals surface area (Å²) in [4.78, 5) is 0. The first-order valence-electron chi connectivity index (χ1n) is 9.50. The van der Waals surface area contributed by atoms with Crippen molar-refractivity contribution in [1.82, 2.24) is 0 Å². The molecular formula is C23H23NO4S. The Bertz CT molecular complexity index is 1060. The molecule has 1 aliphatic heterocycles. The molecule has 3 aromatic rings. The Hall–Kier alpha value is -2.83. The van der Waals surface area contributed by atoms with Crippen molar-refractivity contribution in [3.8, 4) is 5.75 Å². The molecule has 1 fully saturated rings. The number of epoxide rings is 1. The van der Waals surface area contributed by atoms with Crippen LogP contribution in [0.3, 0.4) is 0 Å². The lowest BCUT2D eigenvalue weighted by atomic mass is 10.2. The minimum atomic E-state index is -3.72. The molecule has 0 aliphatic carbocycles. The van der Waals surface area contributed by atoms with Gasteiger partial charge in [0.05, 0.1) is 23.7 Å². The van der Waals surface area contributed by atoms with E-state index in [4.69, 9.17) is 9.47 Å². The van der Waals surface area contributed by atoms with Gasteiger partial charge in [0.1, 0.15) is 18.5 Å². The lowest BCUT2D eigenvalue weighted by molar-refractivity contribution is 0.262. The highest BCUT2D eigenvalue weighted by atomic mass is 32.2. The van der Waals surface area contributed by atoms with E-state index in [1.54, 1.807) is 18.2 Å². The van der Waals surface area contributed by atoms with Gasteiger partial charge in [-0.15, -0.1) is 0 Å². The van der Waals surface area contributed by atoms with E-state index in [1.807, 2.05) is 67.6 Å². The lowest BCUT2D eigenvalue weighted by Gasteiger charge is -2.27. The minimum absolute atomic E-state index is 0.0774. The number of ether oxygens (including phenoxy) is 2. The number of hydrogen-bond donors (Lipinski definition) is 0. The van der Waals surface area contributed by atoms with Gasteiger partial charge < -0.3 is 9.47 Å². The number of benzene rings is 3. The van der Waals surface area contributed by atoms with E-state index in [0.29, 0.717) is 30.3 Å². The smallest absolute Gasteiger partial charge is 0.243 e. The fraction of sp³-hybridized carbons (Fsp3) is 0.217. The first-order chi connectivity index (χ1) is 14.0. The van der Waals surface area contributed by atoms with E-state index in [0.717, 1.165) is 11.1 Å². The van der Waals surface area contributed by atoms with Crippen molar-refractivity contribution in [2.24, 2.45) is 0 Å². The second-order valence-corrected chi connectivity index (χ2v) is 8.85. The van der Waals surface area contributed by atoms with Crippen LogP contribution in [0.4, 0.5) is 11.4 Å². The molecule has 0 spiro atoms. The van der Waals surface area contributed by atoms with Gasteiger partial charge in [0, 0.05) is 0 Å². The molecule has 1 saturated heterocycles. The Morgan fingerprint density at radius 3 is 2.28 bits per heavy atom. The highest BCUT2D eigenvalue weighted by molar-refractivity contribution is 7.92. The lowest BCUT2D eigenvalue weighted by Crippen LogP contribution is -2.28. The molecule has 0 amide bonds. The maximum atomic E-state index is 13.6. The van der Waals surface area contributed by atoms with Crippen molar-refractivity contribution >= 4 is 21.4 Å². The number of rotatable bonds is 8. The van der Waals surface area contributed by atoms with Crippen LogP contribution >= 0.6 is 0 Å². The van der Waals surface area contributed by atoms with Crippen molar-refractivity contribution in [3.63, 3.8) is 0 Å². The van der Waals surface area contributed by atoms with E-state index in [1.165, 1.54) is 4.31 Å². The summed E-state index contributed by atoms with van der Waals surface area (Å²) >= 11 is 0. The Morgan fingerprint density at radius 2 is 1.62 bits per heavy atom. The summed E-state index contributed by atoms with van der Waals surface area (Å²) in [5.41, 5.74) is 2.68. The molecular weight excluding hydrogens is 386 g/mol. The molecule has 0 N–H and O–H groups in total. The SMILES string of the molecule is Cc1cccc(N(c2ccccc2)S(=O)(=O)Cc2ccccc2)c1OCC1CO1. The highest BCUT2D eigenvalue weighted by Gasteiger charge is 2.29. The van der Waals surface area contributed by atoms with E-state index >= 15 is 0 Å². The fourth-order valence-electron chi connectivity index (χ4n) is 3.19. The quantitative estimate of drug-likeness (QED) is 0.516. The summed E-state index contributed by atoms with van der Waals surface area (Å²) in [6.45, 7) is 2.99. The minimum Gasteiger partial charge on any atom is -0.488 e. The number of aryl methyl sites for hydroxylation is 1. The fourth-order valence-corrected chi connectivity index (χ4v) is 4.82. The first-order valence-corrected chi connectivity index (χ1v) is 11.1. The highest BCUT2D eigenvalue weighted by Crippen LogP contribution is 2.39. The summed E-state index contributed by atoms with van der Waals surface area (Å²) in [6, 6.07) is 23.8. The van der Waals surface area contributed by atoms with Crippen molar-refractivity contribution < 1.29 is 17.9 Å². The van der Waals surface area contributed by atoms with Gasteiger partial charge in [-0.2, -0.15) is 0 Å². The molecule has 5 nitrogen and oxygen atoms in total. The number of sulfonamides is 1. The van der Waals surface area contributed by atoms with Crippen molar-refractivity contribution in [2.45, 2.75) is 18.8 Å². The monoisotopic (exact) mass is 409 g/mol. The molecule has 1 aliphatic rings. The molecule has 0 aromatic heterocycles. The van der Waals surface area contributed by atoms with Crippen LogP contribution in [0.2, 0.25) is 0 Å². The van der Waals surface area contributed by atoms with E-state index in [-0.39, 0.29) is 11.9 Å². The predicted octanol–water partition coefficient (Wildman–Crippen LogP) is 4.44. The van der Waals surface area contributed by atoms with Gasteiger partial charge in [-0.1, -0.05) is 60.7 Å². The standard InChI is InChI=1S/C23H23NO4S/c1-18-9-8-14-22(23(18)28-16-21-15-27-21)24(20-12-6-3-7-13-20)29(25,26)17-19-10-4-2-5-11-19/h2-14,21H,15-17H2,1H3. The molecule has 1 unspecified atom stereocenters. The molecule has 4 rings (SSSR count). The van der Waals surface area contributed by atoms with Gasteiger partial charge in [0.2, 0.25) is 10.0 Å². The second kappa shape index (κ2) is 8.27. The maximum Gasteiger partial charge on any atom is 0.243 e. The van der Waals surface area contributed by atoms with Crippen LogP contribution in [0, 0.1) is 6.92 Å². The zero-order valence-corrected chi connectivity index (χ0v) is 17.0. The molecule has 1 atom stereocenters. The van der Waals surface area contributed by atoms with Crippen molar-refractivity contribution in [1.29, 1.82) is 0 Å². The summed E-state index contributed by atoms with van der Waals surface area (Å²) in [6.07, 6.45) is 0.0774. The first kappa shape index (κ1) is 19.5. The van der Waals surface area contributed by atoms with Crippen LogP contribution in [0.5, 0.6) is 5.75 Å². The van der Waals surface area contributed by atoms with Crippen molar-refractivity contribution in [2.75, 3.05) is 17.5 Å². The van der Waals surface area contributed by atoms with Crippen LogP contribution < -0.4 is 9.04 Å². The summed E-state index contributed by atoms with van der Waals surface area (Å²) < 4.78 is 39.8. The van der Waals surface area contributed by atoms with Gasteiger partial charge in [-0.05, 0) is 36.2 Å². The Morgan fingerprint density at radius 1 is 0.966 bits per heavy atom. The topological polar surface area (TPSA) is 59.1 Å². The third-order valence-corrected chi connectivity index (χ3v) is 6.35. The Kier molecular flexibility index (Phi) is 5.56. The van der Waals surface area contributed by atoms with Crippen LogP contribution in [0.1, 0.15) is 11.1 Å². The summed E-state index contributed by atoms with van der Waals surface area (Å²) in [5.74, 6) is 0.450. The molecule has 150 valence electrons. The van der Waals surface area contributed by atoms with E-state index in [2.05, 4.69) is 0 Å². The van der Waals surface area contributed by atoms with Gasteiger partial charge >= 0.3 is 0 Å². The Balaban J connectivity index is 1.78. The van der Waals surface area contributed by atoms with Crippen molar-refractivity contribution in [3.05, 3.63) is 90.0 Å². The number of nitrogens with zero attached hydrogens (tertiary/aromatic N) is 1. The summed E-state index contributed by atoms with van der Waals surface area (Å²) in [7, 11) is -3.72. The third kappa shape index (κ3) is 4.60. The van der Waals surface area contributed by atoms with Crippen LogP contribution in [0.25, 0.3) is 0 Å². The zero-order chi connectivity index (χ0) is 20.3. The van der Waals surface area contributed by atoms with Crippen LogP contribution in [-0.4, -0.2) is 27.7 Å². The molecule has 6 heteroatoms. The second-order valence-electron chi connectivity index (χ2n) is 7.03. The number of anilines is 2. The number of hydrogen-bond acceptors (Lipinski definition) is 4. The molecule has 0 saturated carbocycles. The van der Waals surface area contributed by atoms with Gasteiger partial charge in [0.25, 0.3) is 0 Å². The largest absolute Gasteiger partial charge is 0.488 e. The Labute approximate surface area is 171 Å².